The standard InChI is InChI=1S/C25H37NO6/c1-5-6-7-8-9-10-17-30-24-13-11-23(12-14-24)15-16-25(26-20(2)27,18-31-21(3)28)19-32-22(4)29/h5,11-14H,1,6-10,15-19H2,2-4H3,(H,26,27). The molecule has 7 nitrogen and oxygen atoms in total. The number of ether oxygens (including phenoxy) is 3. The van der Waals surface area contributed by atoms with Crippen LogP contribution in [0.3, 0.4) is 0 Å². The van der Waals surface area contributed by atoms with Gasteiger partial charge >= 0.3 is 11.9 Å². The van der Waals surface area contributed by atoms with E-state index >= 15 is 0 Å². The molecular formula is C25H37NO6. The lowest BCUT2D eigenvalue weighted by atomic mass is 9.92. The summed E-state index contributed by atoms with van der Waals surface area (Å²) in [4.78, 5) is 34.5. The predicted molar refractivity (Wildman–Crippen MR) is 123 cm³/mol. The number of rotatable bonds is 16. The highest BCUT2D eigenvalue weighted by molar-refractivity contribution is 5.74. The van der Waals surface area contributed by atoms with Crippen LogP contribution in [0.5, 0.6) is 5.75 Å². The lowest BCUT2D eigenvalue weighted by Gasteiger charge is -2.33. The quantitative estimate of drug-likeness (QED) is 0.233. The zero-order valence-electron chi connectivity index (χ0n) is 19.6. The second-order valence-corrected chi connectivity index (χ2v) is 8.01. The average molecular weight is 448 g/mol. The van der Waals surface area contributed by atoms with Gasteiger partial charge in [-0.1, -0.05) is 31.1 Å². The van der Waals surface area contributed by atoms with Crippen molar-refractivity contribution in [2.75, 3.05) is 19.8 Å². The van der Waals surface area contributed by atoms with E-state index in [9.17, 15) is 14.4 Å². The fraction of sp³-hybridized carbons (Fsp3) is 0.560. The van der Waals surface area contributed by atoms with Crippen LogP contribution in [0.15, 0.2) is 36.9 Å². The first-order valence-corrected chi connectivity index (χ1v) is 11.1. The molecule has 0 aliphatic rings. The number of hydrogen-bond acceptors (Lipinski definition) is 6. The van der Waals surface area contributed by atoms with E-state index in [0.29, 0.717) is 19.4 Å². The Labute approximate surface area is 191 Å². The van der Waals surface area contributed by atoms with E-state index in [1.54, 1.807) is 0 Å². The summed E-state index contributed by atoms with van der Waals surface area (Å²) in [7, 11) is 0. The van der Waals surface area contributed by atoms with Crippen LogP contribution in [-0.4, -0.2) is 43.2 Å². The maximum atomic E-state index is 11.8. The summed E-state index contributed by atoms with van der Waals surface area (Å²) in [6, 6.07) is 7.78. The Morgan fingerprint density at radius 1 is 0.938 bits per heavy atom. The first-order valence-electron chi connectivity index (χ1n) is 11.1. The molecule has 1 rings (SSSR count). The van der Waals surface area contributed by atoms with E-state index in [0.717, 1.165) is 30.6 Å². The fourth-order valence-corrected chi connectivity index (χ4v) is 3.24. The molecule has 1 aromatic carbocycles. The second-order valence-electron chi connectivity index (χ2n) is 8.01. The van der Waals surface area contributed by atoms with Gasteiger partial charge in [0.05, 0.1) is 6.61 Å². The summed E-state index contributed by atoms with van der Waals surface area (Å²) in [5.74, 6) is -0.417. The molecule has 1 aromatic rings. The van der Waals surface area contributed by atoms with Gasteiger partial charge in [0.15, 0.2) is 0 Å². The van der Waals surface area contributed by atoms with Gasteiger partial charge in [-0.05, 0) is 49.8 Å². The molecule has 0 aliphatic heterocycles. The zero-order valence-corrected chi connectivity index (χ0v) is 19.6. The summed E-state index contributed by atoms with van der Waals surface area (Å²) in [6.07, 6.45) is 8.55. The third-order valence-corrected chi connectivity index (χ3v) is 4.93. The van der Waals surface area contributed by atoms with Gasteiger partial charge in [-0.25, -0.2) is 0 Å². The second kappa shape index (κ2) is 15.1. The van der Waals surface area contributed by atoms with Crippen molar-refractivity contribution in [1.82, 2.24) is 5.32 Å². The van der Waals surface area contributed by atoms with Crippen LogP contribution >= 0.6 is 0 Å². The van der Waals surface area contributed by atoms with Crippen molar-refractivity contribution < 1.29 is 28.6 Å². The third kappa shape index (κ3) is 12.1. The van der Waals surface area contributed by atoms with Gasteiger partial charge in [0.1, 0.15) is 24.5 Å². The molecule has 0 spiro atoms. The zero-order chi connectivity index (χ0) is 23.8. The molecule has 0 aromatic heterocycles. The molecule has 0 bridgehead atoms. The van der Waals surface area contributed by atoms with Crippen molar-refractivity contribution in [2.45, 2.75) is 71.3 Å². The lowest BCUT2D eigenvalue weighted by molar-refractivity contribution is -0.150. The Bertz CT molecular complexity index is 710. The van der Waals surface area contributed by atoms with Gasteiger partial charge in [-0.2, -0.15) is 0 Å². The van der Waals surface area contributed by atoms with Gasteiger partial charge in [-0.3, -0.25) is 14.4 Å². The number of aryl methyl sites for hydroxylation is 1. The van der Waals surface area contributed by atoms with Crippen LogP contribution < -0.4 is 10.1 Å². The van der Waals surface area contributed by atoms with Gasteiger partial charge in [0, 0.05) is 20.8 Å². The number of amides is 1. The highest BCUT2D eigenvalue weighted by Crippen LogP contribution is 2.20. The highest BCUT2D eigenvalue weighted by atomic mass is 16.5. The molecule has 0 aliphatic carbocycles. The smallest absolute Gasteiger partial charge is 0.302 e. The summed E-state index contributed by atoms with van der Waals surface area (Å²) in [5, 5.41) is 2.81. The van der Waals surface area contributed by atoms with Crippen LogP contribution in [0.2, 0.25) is 0 Å². The van der Waals surface area contributed by atoms with E-state index in [4.69, 9.17) is 14.2 Å². The summed E-state index contributed by atoms with van der Waals surface area (Å²) in [6.45, 7) is 8.22. The minimum Gasteiger partial charge on any atom is -0.494 e. The van der Waals surface area contributed by atoms with E-state index in [1.165, 1.54) is 33.6 Å². The van der Waals surface area contributed by atoms with Crippen molar-refractivity contribution in [2.24, 2.45) is 0 Å². The number of allylic oxidation sites excluding steroid dienone is 1. The largest absolute Gasteiger partial charge is 0.494 e. The first kappa shape index (κ1) is 27.2. The lowest BCUT2D eigenvalue weighted by Crippen LogP contribution is -2.55. The monoisotopic (exact) mass is 447 g/mol. The maximum absolute atomic E-state index is 11.8. The van der Waals surface area contributed by atoms with Crippen molar-refractivity contribution in [1.29, 1.82) is 0 Å². The normalized spacial score (nSPS) is 10.8. The van der Waals surface area contributed by atoms with Crippen molar-refractivity contribution >= 4 is 17.8 Å². The Morgan fingerprint density at radius 2 is 1.53 bits per heavy atom. The molecule has 32 heavy (non-hydrogen) atoms. The number of benzene rings is 1. The van der Waals surface area contributed by atoms with E-state index < -0.39 is 17.5 Å². The molecule has 0 atom stereocenters. The van der Waals surface area contributed by atoms with Crippen molar-refractivity contribution in [3.05, 3.63) is 42.5 Å². The van der Waals surface area contributed by atoms with Gasteiger partial charge in [0.2, 0.25) is 5.91 Å². The molecule has 1 amide bonds. The molecule has 7 heteroatoms. The minimum absolute atomic E-state index is 0.0802. The Kier molecular flexibility index (Phi) is 12.8. The van der Waals surface area contributed by atoms with Crippen LogP contribution in [0.4, 0.5) is 0 Å². The topological polar surface area (TPSA) is 90.9 Å². The van der Waals surface area contributed by atoms with E-state index in [-0.39, 0.29) is 19.1 Å². The fourth-order valence-electron chi connectivity index (χ4n) is 3.24. The Hall–Kier alpha value is -2.83. The summed E-state index contributed by atoms with van der Waals surface area (Å²) >= 11 is 0. The number of nitrogens with one attached hydrogen (secondary N) is 1. The van der Waals surface area contributed by atoms with Crippen LogP contribution in [0, 0.1) is 0 Å². The number of carbonyl (C=O) groups is 3. The molecular weight excluding hydrogens is 410 g/mol. The molecule has 178 valence electrons. The molecule has 0 saturated carbocycles. The molecule has 0 unspecified atom stereocenters. The summed E-state index contributed by atoms with van der Waals surface area (Å²) < 4.78 is 16.1. The van der Waals surface area contributed by atoms with Gasteiger partial charge < -0.3 is 19.5 Å². The van der Waals surface area contributed by atoms with Crippen LogP contribution in [-0.2, 0) is 30.3 Å². The van der Waals surface area contributed by atoms with Crippen molar-refractivity contribution in [3.63, 3.8) is 0 Å². The predicted octanol–water partition coefficient (Wildman–Crippen LogP) is 4.14. The Balaban J connectivity index is 2.64. The SMILES string of the molecule is C=CCCCCCCOc1ccc(CCC(COC(C)=O)(COC(C)=O)NC(C)=O)cc1. The molecule has 0 radical (unpaired) electrons. The minimum atomic E-state index is -0.996. The Morgan fingerprint density at radius 3 is 2.06 bits per heavy atom. The number of esters is 2. The highest BCUT2D eigenvalue weighted by Gasteiger charge is 2.34. The van der Waals surface area contributed by atoms with Crippen molar-refractivity contribution in [3.8, 4) is 5.75 Å². The number of hydrogen-bond donors (Lipinski definition) is 1. The number of unbranched alkanes of at least 4 members (excludes halogenated alkanes) is 4. The molecule has 0 saturated heterocycles. The average Bonchev–Trinajstić information content (AvgIpc) is 2.74. The van der Waals surface area contributed by atoms with Gasteiger partial charge in [-0.15, -0.1) is 6.58 Å². The maximum Gasteiger partial charge on any atom is 0.302 e. The van der Waals surface area contributed by atoms with Crippen LogP contribution in [0.1, 0.15) is 64.9 Å². The molecule has 0 heterocycles. The van der Waals surface area contributed by atoms with Crippen LogP contribution in [0.25, 0.3) is 0 Å². The summed E-state index contributed by atoms with van der Waals surface area (Å²) in [5.41, 5.74) is 0.0337. The number of carbonyl (C=O) groups excluding carboxylic acids is 3. The molecule has 0 fully saturated rings. The molecule has 1 N–H and O–H groups in total. The van der Waals surface area contributed by atoms with E-state index in [1.807, 2.05) is 30.3 Å². The third-order valence-electron chi connectivity index (χ3n) is 4.93. The van der Waals surface area contributed by atoms with E-state index in [2.05, 4.69) is 11.9 Å². The first-order chi connectivity index (χ1) is 15.3. The van der Waals surface area contributed by atoms with Gasteiger partial charge in [0.25, 0.3) is 0 Å².